The second-order valence-corrected chi connectivity index (χ2v) is 9.32. The van der Waals surface area contributed by atoms with E-state index in [1.807, 2.05) is 21.7 Å². The van der Waals surface area contributed by atoms with Gasteiger partial charge in [-0.3, -0.25) is 4.79 Å². The first-order valence-corrected chi connectivity index (χ1v) is 11.6. The second kappa shape index (κ2) is 7.72. The third-order valence-electron chi connectivity index (χ3n) is 5.10. The van der Waals surface area contributed by atoms with E-state index < -0.39 is 15.8 Å². The molecule has 3 heterocycles. The molecule has 0 N–H and O–H groups in total. The molecule has 9 heteroatoms. The summed E-state index contributed by atoms with van der Waals surface area (Å²) in [6.45, 7) is 3.93. The first-order chi connectivity index (χ1) is 13.9. The van der Waals surface area contributed by atoms with Crippen molar-refractivity contribution in [1.29, 1.82) is 0 Å². The molecule has 1 fully saturated rings. The third kappa shape index (κ3) is 3.84. The minimum atomic E-state index is -3.85. The van der Waals surface area contributed by atoms with Crippen molar-refractivity contribution in [1.82, 2.24) is 9.80 Å². The number of carbonyl (C=O) groups is 1. The molecule has 2 aliphatic heterocycles. The van der Waals surface area contributed by atoms with Gasteiger partial charge in [0.2, 0.25) is 0 Å². The fourth-order valence-electron chi connectivity index (χ4n) is 3.69. The summed E-state index contributed by atoms with van der Waals surface area (Å²) >= 11 is 1.48. The van der Waals surface area contributed by atoms with Crippen LogP contribution in [-0.2, 0) is 10.0 Å². The van der Waals surface area contributed by atoms with E-state index in [1.54, 1.807) is 11.8 Å². The maximum atomic E-state index is 13.2. The van der Waals surface area contributed by atoms with Gasteiger partial charge in [0, 0.05) is 37.1 Å². The van der Waals surface area contributed by atoms with E-state index in [2.05, 4.69) is 4.40 Å². The van der Waals surface area contributed by atoms with E-state index in [-0.39, 0.29) is 10.8 Å². The Labute approximate surface area is 173 Å². The lowest BCUT2D eigenvalue weighted by Gasteiger charge is -2.23. The van der Waals surface area contributed by atoms with Gasteiger partial charge in [0.25, 0.3) is 15.9 Å². The van der Waals surface area contributed by atoms with Crippen LogP contribution in [0.2, 0.25) is 0 Å². The first-order valence-electron chi connectivity index (χ1n) is 9.25. The van der Waals surface area contributed by atoms with Gasteiger partial charge in [0.1, 0.15) is 16.6 Å². The van der Waals surface area contributed by atoms with Crippen LogP contribution in [0.3, 0.4) is 0 Å². The average molecular weight is 434 g/mol. The summed E-state index contributed by atoms with van der Waals surface area (Å²) in [6.07, 6.45) is 0.716. The number of carbonyl (C=O) groups excluding carboxylic acids is 1. The van der Waals surface area contributed by atoms with E-state index in [9.17, 15) is 17.6 Å². The molecular formula is C20H20FN3O3S2. The van der Waals surface area contributed by atoms with Gasteiger partial charge in [-0.2, -0.15) is 19.8 Å². The van der Waals surface area contributed by atoms with Crippen LogP contribution in [0.15, 0.2) is 51.1 Å². The zero-order chi connectivity index (χ0) is 20.6. The van der Waals surface area contributed by atoms with Crippen LogP contribution >= 0.6 is 11.3 Å². The fourth-order valence-corrected chi connectivity index (χ4v) is 5.80. The molecule has 2 aromatic rings. The Morgan fingerprint density at radius 1 is 1.10 bits per heavy atom. The highest BCUT2D eigenvalue weighted by Gasteiger charge is 2.34. The molecule has 1 amide bonds. The molecule has 0 aliphatic carbocycles. The van der Waals surface area contributed by atoms with Crippen LogP contribution in [0.4, 0.5) is 4.39 Å². The van der Waals surface area contributed by atoms with Crippen LogP contribution in [0.25, 0.3) is 4.91 Å². The van der Waals surface area contributed by atoms with Gasteiger partial charge in [-0.1, -0.05) is 12.1 Å². The van der Waals surface area contributed by atoms with Crippen molar-refractivity contribution >= 4 is 38.0 Å². The molecule has 0 atom stereocenters. The lowest BCUT2D eigenvalue weighted by Crippen LogP contribution is -2.37. The van der Waals surface area contributed by atoms with E-state index in [4.69, 9.17) is 0 Å². The molecule has 0 radical (unpaired) electrons. The standard InChI is InChI=1S/C20H20FN3O3S2/c1-14-18(15-3-5-17(21)6-4-15)29(26,27)22-19(14)23-8-2-9-24(11-10-23)20(25)16-7-12-28-13-16/h3-7,12-13H,2,8-11H2,1H3. The molecular weight excluding hydrogens is 413 g/mol. The number of hydrogen-bond acceptors (Lipinski definition) is 5. The Morgan fingerprint density at radius 2 is 1.86 bits per heavy atom. The molecule has 1 aromatic carbocycles. The number of sulfonamides is 1. The highest BCUT2D eigenvalue weighted by Crippen LogP contribution is 2.34. The highest BCUT2D eigenvalue weighted by molar-refractivity contribution is 8.00. The van der Waals surface area contributed by atoms with Gasteiger partial charge in [0.15, 0.2) is 0 Å². The highest BCUT2D eigenvalue weighted by atomic mass is 32.2. The minimum absolute atomic E-state index is 0.00616. The van der Waals surface area contributed by atoms with Gasteiger partial charge in [-0.05, 0) is 42.5 Å². The molecule has 152 valence electrons. The fraction of sp³-hybridized carbons (Fsp3) is 0.300. The number of nitrogens with zero attached hydrogens (tertiary/aromatic N) is 3. The Bertz CT molecular complexity index is 1090. The quantitative estimate of drug-likeness (QED) is 0.729. The van der Waals surface area contributed by atoms with Crippen molar-refractivity contribution in [2.75, 3.05) is 26.2 Å². The van der Waals surface area contributed by atoms with Gasteiger partial charge in [-0.15, -0.1) is 4.40 Å². The Morgan fingerprint density at radius 3 is 2.55 bits per heavy atom. The van der Waals surface area contributed by atoms with Crippen LogP contribution in [0.5, 0.6) is 0 Å². The summed E-state index contributed by atoms with van der Waals surface area (Å²) in [7, 11) is -3.85. The SMILES string of the molecule is CC1=C(c2ccc(F)cc2)S(=O)(=O)N=C1N1CCCN(C(=O)c2ccsc2)CC1. The third-order valence-corrected chi connectivity index (χ3v) is 7.25. The van der Waals surface area contributed by atoms with Crippen molar-refractivity contribution in [2.24, 2.45) is 4.40 Å². The van der Waals surface area contributed by atoms with Gasteiger partial charge in [-0.25, -0.2) is 4.39 Å². The number of amides is 1. The van der Waals surface area contributed by atoms with Crippen molar-refractivity contribution < 1.29 is 17.6 Å². The molecule has 6 nitrogen and oxygen atoms in total. The molecule has 0 unspecified atom stereocenters. The van der Waals surface area contributed by atoms with Crippen molar-refractivity contribution in [3.63, 3.8) is 0 Å². The molecule has 4 rings (SSSR count). The second-order valence-electron chi connectivity index (χ2n) is 7.00. The molecule has 29 heavy (non-hydrogen) atoms. The number of benzene rings is 1. The lowest BCUT2D eigenvalue weighted by molar-refractivity contribution is 0.0764. The lowest BCUT2D eigenvalue weighted by atomic mass is 10.1. The molecule has 1 aromatic heterocycles. The number of amidine groups is 1. The summed E-state index contributed by atoms with van der Waals surface area (Å²) in [5.41, 5.74) is 1.65. The van der Waals surface area contributed by atoms with Crippen LogP contribution < -0.4 is 0 Å². The minimum Gasteiger partial charge on any atom is -0.354 e. The van der Waals surface area contributed by atoms with Crippen molar-refractivity contribution in [3.8, 4) is 0 Å². The predicted molar refractivity (Wildman–Crippen MR) is 112 cm³/mol. The predicted octanol–water partition coefficient (Wildman–Crippen LogP) is 3.21. The molecule has 0 bridgehead atoms. The largest absolute Gasteiger partial charge is 0.354 e. The van der Waals surface area contributed by atoms with Crippen LogP contribution in [-0.4, -0.2) is 56.1 Å². The normalized spacial score (nSPS) is 19.3. The summed E-state index contributed by atoms with van der Waals surface area (Å²) < 4.78 is 42.6. The summed E-state index contributed by atoms with van der Waals surface area (Å²) in [4.78, 5) is 16.5. The van der Waals surface area contributed by atoms with Gasteiger partial charge in [0.05, 0.1) is 5.56 Å². The number of thiophene rings is 1. The number of rotatable bonds is 2. The molecule has 0 saturated carbocycles. The van der Waals surface area contributed by atoms with Crippen molar-refractivity contribution in [3.05, 3.63) is 63.6 Å². The van der Waals surface area contributed by atoms with E-state index in [1.165, 1.54) is 35.6 Å². The van der Waals surface area contributed by atoms with Gasteiger partial charge >= 0.3 is 0 Å². The smallest absolute Gasteiger partial charge is 0.285 e. The Balaban J connectivity index is 1.57. The summed E-state index contributed by atoms with van der Waals surface area (Å²) in [5.74, 6) is -0.0195. The zero-order valence-electron chi connectivity index (χ0n) is 15.8. The molecule has 1 saturated heterocycles. The topological polar surface area (TPSA) is 70.1 Å². The maximum Gasteiger partial charge on any atom is 0.285 e. The van der Waals surface area contributed by atoms with Crippen LogP contribution in [0, 0.1) is 5.82 Å². The average Bonchev–Trinajstić information content (AvgIpc) is 3.21. The summed E-state index contributed by atoms with van der Waals surface area (Å²) in [6, 6.07) is 7.19. The van der Waals surface area contributed by atoms with Crippen LogP contribution in [0.1, 0.15) is 29.3 Å². The summed E-state index contributed by atoms with van der Waals surface area (Å²) in [5, 5.41) is 3.71. The van der Waals surface area contributed by atoms with Gasteiger partial charge < -0.3 is 9.80 Å². The first kappa shape index (κ1) is 19.8. The van der Waals surface area contributed by atoms with E-state index in [0.717, 1.165) is 0 Å². The molecule has 0 spiro atoms. The zero-order valence-corrected chi connectivity index (χ0v) is 17.5. The van der Waals surface area contributed by atoms with Crippen molar-refractivity contribution in [2.45, 2.75) is 13.3 Å². The molecule has 2 aliphatic rings. The maximum absolute atomic E-state index is 13.2. The number of halogens is 1. The Kier molecular flexibility index (Phi) is 5.26. The van der Waals surface area contributed by atoms with E-state index in [0.29, 0.717) is 55.1 Å². The number of hydrogen-bond donors (Lipinski definition) is 0. The Hall–Kier alpha value is -2.52. The van der Waals surface area contributed by atoms with E-state index >= 15 is 0 Å². The monoisotopic (exact) mass is 433 g/mol.